The molecule has 2 aromatic heterocycles. The molecule has 110 valence electrons. The van der Waals surface area contributed by atoms with E-state index in [0.717, 1.165) is 23.7 Å². The Bertz CT molecular complexity index is 556. The van der Waals surface area contributed by atoms with Crippen molar-refractivity contribution in [3.63, 3.8) is 0 Å². The second kappa shape index (κ2) is 6.24. The number of rotatable bonds is 5. The van der Waals surface area contributed by atoms with E-state index < -0.39 is 0 Å². The predicted octanol–water partition coefficient (Wildman–Crippen LogP) is 2.83. The molecular weight excluding hydrogens is 270 g/mol. The fourth-order valence-electron chi connectivity index (χ4n) is 3.29. The molecule has 0 bridgehead atoms. The minimum atomic E-state index is 0.237. The number of hydrogen-bond donors (Lipinski definition) is 1. The third-order valence-corrected chi connectivity index (χ3v) is 5.15. The van der Waals surface area contributed by atoms with Crippen LogP contribution in [-0.2, 0) is 6.54 Å². The second-order valence-corrected chi connectivity index (χ2v) is 6.56. The van der Waals surface area contributed by atoms with Crippen molar-refractivity contribution in [3.05, 3.63) is 23.0 Å². The average molecular weight is 293 g/mol. The molecule has 0 aromatic carbocycles. The van der Waals surface area contributed by atoms with Crippen LogP contribution >= 0.6 is 11.3 Å². The Morgan fingerprint density at radius 1 is 1.40 bits per heavy atom. The fourth-order valence-corrected chi connectivity index (χ4v) is 4.07. The highest BCUT2D eigenvalue weighted by Crippen LogP contribution is 2.25. The highest BCUT2D eigenvalue weighted by atomic mass is 32.1. The van der Waals surface area contributed by atoms with Gasteiger partial charge in [0.25, 0.3) is 0 Å². The number of fused-ring (bicyclic) bond motifs is 1. The zero-order valence-electron chi connectivity index (χ0n) is 12.1. The van der Waals surface area contributed by atoms with Crippen LogP contribution in [0.3, 0.4) is 0 Å². The number of aliphatic hydroxyl groups is 1. The van der Waals surface area contributed by atoms with Crippen LogP contribution in [0.4, 0.5) is 0 Å². The smallest absolute Gasteiger partial charge is 0.194 e. The van der Waals surface area contributed by atoms with Crippen LogP contribution in [0.1, 0.15) is 43.5 Å². The summed E-state index contributed by atoms with van der Waals surface area (Å²) in [5.74, 6) is 0. The van der Waals surface area contributed by atoms with E-state index in [1.165, 1.54) is 37.8 Å². The van der Waals surface area contributed by atoms with Gasteiger partial charge in [0.2, 0.25) is 0 Å². The van der Waals surface area contributed by atoms with E-state index in [9.17, 15) is 5.11 Å². The SMILES string of the molecule is Cc1nc2sccn2c1CN(CCO)C1CCCCC1. The number of hydrogen-bond acceptors (Lipinski definition) is 4. The number of aryl methyl sites for hydroxylation is 1. The monoisotopic (exact) mass is 293 g/mol. The molecular formula is C15H23N3OS. The number of aliphatic hydroxyl groups excluding tert-OH is 1. The van der Waals surface area contributed by atoms with Crippen molar-refractivity contribution in [2.24, 2.45) is 0 Å². The first kappa shape index (κ1) is 14.0. The van der Waals surface area contributed by atoms with Crippen LogP contribution < -0.4 is 0 Å². The van der Waals surface area contributed by atoms with Crippen molar-refractivity contribution in [2.45, 2.75) is 51.6 Å². The summed E-state index contributed by atoms with van der Waals surface area (Å²) in [7, 11) is 0. The largest absolute Gasteiger partial charge is 0.395 e. The van der Waals surface area contributed by atoms with Gasteiger partial charge in [0.15, 0.2) is 4.96 Å². The normalized spacial score (nSPS) is 17.4. The van der Waals surface area contributed by atoms with E-state index in [1.54, 1.807) is 11.3 Å². The Morgan fingerprint density at radius 2 is 2.20 bits per heavy atom. The molecule has 20 heavy (non-hydrogen) atoms. The number of thiazole rings is 1. The van der Waals surface area contributed by atoms with Gasteiger partial charge in [-0.2, -0.15) is 0 Å². The lowest BCUT2D eigenvalue weighted by atomic mass is 9.94. The zero-order chi connectivity index (χ0) is 13.9. The maximum Gasteiger partial charge on any atom is 0.194 e. The Labute approximate surface area is 124 Å². The number of aromatic nitrogens is 2. The van der Waals surface area contributed by atoms with Crippen molar-refractivity contribution >= 4 is 16.3 Å². The van der Waals surface area contributed by atoms with Gasteiger partial charge in [0.05, 0.1) is 18.0 Å². The molecule has 0 saturated heterocycles. The van der Waals surface area contributed by atoms with Gasteiger partial charge >= 0.3 is 0 Å². The molecule has 0 unspecified atom stereocenters. The molecule has 0 aliphatic heterocycles. The Balaban J connectivity index is 1.81. The van der Waals surface area contributed by atoms with E-state index in [2.05, 4.69) is 32.8 Å². The van der Waals surface area contributed by atoms with E-state index in [1.807, 2.05) is 0 Å². The molecule has 3 rings (SSSR count). The summed E-state index contributed by atoms with van der Waals surface area (Å²) in [6.45, 7) is 3.99. The first-order valence-electron chi connectivity index (χ1n) is 7.55. The molecule has 1 fully saturated rings. The predicted molar refractivity (Wildman–Crippen MR) is 82.2 cm³/mol. The van der Waals surface area contributed by atoms with Crippen LogP contribution in [0.15, 0.2) is 11.6 Å². The Hall–Kier alpha value is -0.910. The van der Waals surface area contributed by atoms with Crippen LogP contribution in [0.2, 0.25) is 0 Å². The summed E-state index contributed by atoms with van der Waals surface area (Å²) in [6.07, 6.45) is 8.66. The first-order valence-corrected chi connectivity index (χ1v) is 8.43. The van der Waals surface area contributed by atoms with Crippen molar-refractivity contribution in [2.75, 3.05) is 13.2 Å². The van der Waals surface area contributed by atoms with Crippen molar-refractivity contribution < 1.29 is 5.11 Å². The van der Waals surface area contributed by atoms with Gasteiger partial charge in [0, 0.05) is 30.7 Å². The molecule has 4 nitrogen and oxygen atoms in total. The zero-order valence-corrected chi connectivity index (χ0v) is 12.9. The molecule has 0 amide bonds. The summed E-state index contributed by atoms with van der Waals surface area (Å²) in [4.78, 5) is 8.15. The van der Waals surface area contributed by atoms with Crippen LogP contribution in [0, 0.1) is 6.92 Å². The maximum absolute atomic E-state index is 9.38. The summed E-state index contributed by atoms with van der Waals surface area (Å²) in [6, 6.07) is 0.625. The summed E-state index contributed by atoms with van der Waals surface area (Å²) in [5.41, 5.74) is 2.40. The van der Waals surface area contributed by atoms with Crippen molar-refractivity contribution in [1.29, 1.82) is 0 Å². The molecule has 1 aliphatic carbocycles. The highest BCUT2D eigenvalue weighted by molar-refractivity contribution is 7.15. The third kappa shape index (κ3) is 2.75. The van der Waals surface area contributed by atoms with Gasteiger partial charge in [-0.25, -0.2) is 4.98 Å². The van der Waals surface area contributed by atoms with Gasteiger partial charge in [-0.15, -0.1) is 11.3 Å². The quantitative estimate of drug-likeness (QED) is 0.921. The lowest BCUT2D eigenvalue weighted by molar-refractivity contribution is 0.115. The van der Waals surface area contributed by atoms with Crippen LogP contribution in [-0.4, -0.2) is 38.6 Å². The van der Waals surface area contributed by atoms with Gasteiger partial charge < -0.3 is 5.11 Å². The third-order valence-electron chi connectivity index (χ3n) is 4.39. The van der Waals surface area contributed by atoms with E-state index in [4.69, 9.17) is 0 Å². The van der Waals surface area contributed by atoms with Crippen molar-refractivity contribution in [3.8, 4) is 0 Å². The average Bonchev–Trinajstić information content (AvgIpc) is 3.02. The molecule has 1 N–H and O–H groups in total. The molecule has 0 spiro atoms. The Kier molecular flexibility index (Phi) is 4.38. The van der Waals surface area contributed by atoms with Crippen molar-refractivity contribution in [1.82, 2.24) is 14.3 Å². The standard InChI is InChI=1S/C15H23N3OS/c1-12-14(18-8-10-20-15(18)16-12)11-17(7-9-19)13-5-3-2-4-6-13/h8,10,13,19H,2-7,9,11H2,1H3. The highest BCUT2D eigenvalue weighted by Gasteiger charge is 2.23. The molecule has 2 heterocycles. The molecule has 5 heteroatoms. The number of nitrogens with zero attached hydrogens (tertiary/aromatic N) is 3. The minimum Gasteiger partial charge on any atom is -0.395 e. The van der Waals surface area contributed by atoms with Gasteiger partial charge in [-0.05, 0) is 19.8 Å². The fraction of sp³-hybridized carbons (Fsp3) is 0.667. The summed E-state index contributed by atoms with van der Waals surface area (Å²) in [5, 5.41) is 11.5. The molecule has 0 atom stereocenters. The van der Waals surface area contributed by atoms with Crippen LogP contribution in [0.5, 0.6) is 0 Å². The molecule has 0 radical (unpaired) electrons. The van der Waals surface area contributed by atoms with Crippen LogP contribution in [0.25, 0.3) is 4.96 Å². The van der Waals surface area contributed by atoms with E-state index in [-0.39, 0.29) is 6.61 Å². The topological polar surface area (TPSA) is 40.8 Å². The minimum absolute atomic E-state index is 0.237. The summed E-state index contributed by atoms with van der Waals surface area (Å²) >= 11 is 1.68. The first-order chi connectivity index (χ1) is 9.79. The maximum atomic E-state index is 9.38. The number of imidazole rings is 1. The Morgan fingerprint density at radius 3 is 2.95 bits per heavy atom. The second-order valence-electron chi connectivity index (χ2n) is 5.69. The van der Waals surface area contributed by atoms with Gasteiger partial charge in [-0.1, -0.05) is 19.3 Å². The van der Waals surface area contributed by atoms with Gasteiger partial charge in [0.1, 0.15) is 0 Å². The molecule has 1 saturated carbocycles. The molecule has 2 aromatic rings. The van der Waals surface area contributed by atoms with E-state index >= 15 is 0 Å². The summed E-state index contributed by atoms with van der Waals surface area (Å²) < 4.78 is 2.20. The lowest BCUT2D eigenvalue weighted by Crippen LogP contribution is -2.38. The molecule has 1 aliphatic rings. The van der Waals surface area contributed by atoms with Gasteiger partial charge in [-0.3, -0.25) is 9.30 Å². The lowest BCUT2D eigenvalue weighted by Gasteiger charge is -2.33. The van der Waals surface area contributed by atoms with E-state index in [0.29, 0.717) is 6.04 Å².